The number of nitrogens with zero attached hydrogens (tertiary/aromatic N) is 4. The highest BCUT2D eigenvalue weighted by Crippen LogP contribution is 2.37. The van der Waals surface area contributed by atoms with Crippen LogP contribution in [0.2, 0.25) is 0 Å². The Morgan fingerprint density at radius 1 is 0.907 bits per heavy atom. The van der Waals surface area contributed by atoms with Crippen molar-refractivity contribution < 1.29 is 14.3 Å². The molecule has 10 heteroatoms. The number of aromatic nitrogens is 4. The number of nitrogens with one attached hydrogen (secondary N) is 1. The van der Waals surface area contributed by atoms with Crippen molar-refractivity contribution in [3.8, 4) is 33.8 Å². The summed E-state index contributed by atoms with van der Waals surface area (Å²) in [5, 5.41) is 15.8. The summed E-state index contributed by atoms with van der Waals surface area (Å²) in [6.07, 6.45) is 0. The smallest absolute Gasteiger partial charge is 0.341 e. The van der Waals surface area contributed by atoms with E-state index in [1.165, 1.54) is 30.2 Å². The van der Waals surface area contributed by atoms with Gasteiger partial charge >= 0.3 is 5.97 Å². The minimum Gasteiger partial charge on any atom is -0.465 e. The van der Waals surface area contributed by atoms with E-state index in [1.807, 2.05) is 108 Å². The van der Waals surface area contributed by atoms with Crippen LogP contribution in [0.1, 0.15) is 17.3 Å². The summed E-state index contributed by atoms with van der Waals surface area (Å²) in [6.45, 7) is 2.64. The number of pyridine rings is 1. The number of benzene rings is 3. The fraction of sp³-hybridized carbons (Fsp3) is 0.121. The molecule has 3 aromatic carbocycles. The number of thiophene rings is 1. The molecule has 8 nitrogen and oxygen atoms in total. The summed E-state index contributed by atoms with van der Waals surface area (Å²) < 4.78 is 7.04. The van der Waals surface area contributed by atoms with E-state index in [2.05, 4.69) is 15.5 Å². The average molecular weight is 606 g/mol. The molecule has 0 unspecified atom stereocenters. The first kappa shape index (κ1) is 28.3. The van der Waals surface area contributed by atoms with E-state index in [-0.39, 0.29) is 11.7 Å². The molecule has 3 heterocycles. The topological polar surface area (TPSA) is 99.0 Å². The van der Waals surface area contributed by atoms with Crippen LogP contribution in [-0.4, -0.2) is 44.5 Å². The van der Waals surface area contributed by atoms with Crippen molar-refractivity contribution in [2.45, 2.75) is 18.6 Å². The van der Waals surface area contributed by atoms with Gasteiger partial charge in [0.15, 0.2) is 11.0 Å². The molecule has 214 valence electrons. The van der Waals surface area contributed by atoms with Crippen LogP contribution in [0.4, 0.5) is 5.00 Å². The lowest BCUT2D eigenvalue weighted by molar-refractivity contribution is -0.113. The Morgan fingerprint density at radius 2 is 1.60 bits per heavy atom. The van der Waals surface area contributed by atoms with Crippen molar-refractivity contribution in [1.82, 2.24) is 19.7 Å². The summed E-state index contributed by atoms with van der Waals surface area (Å²) in [5.74, 6) is 0.0336. The lowest BCUT2D eigenvalue weighted by Gasteiger charge is -2.12. The summed E-state index contributed by atoms with van der Waals surface area (Å²) in [6, 6.07) is 29.6. The molecule has 6 rings (SSSR count). The Labute approximate surface area is 256 Å². The zero-order chi connectivity index (χ0) is 29.8. The number of ether oxygens (including phenoxy) is 1. The van der Waals surface area contributed by atoms with Gasteiger partial charge in [-0.05, 0) is 24.6 Å². The molecule has 0 aliphatic carbocycles. The minimum atomic E-state index is -0.502. The first-order valence-electron chi connectivity index (χ1n) is 13.6. The summed E-state index contributed by atoms with van der Waals surface area (Å²) in [7, 11) is 1.33. The number of para-hydroxylation sites is 1. The predicted octanol–water partition coefficient (Wildman–Crippen LogP) is 7.43. The minimum absolute atomic E-state index is 0.0870. The fourth-order valence-electron chi connectivity index (χ4n) is 4.87. The third kappa shape index (κ3) is 5.79. The molecule has 3 aromatic heterocycles. The molecule has 0 aliphatic rings. The lowest BCUT2D eigenvalue weighted by Crippen LogP contribution is -2.16. The highest BCUT2D eigenvalue weighted by atomic mass is 32.2. The van der Waals surface area contributed by atoms with E-state index < -0.39 is 5.97 Å². The molecule has 0 saturated carbocycles. The number of carbonyl (C=O) groups is 2. The van der Waals surface area contributed by atoms with Gasteiger partial charge in [0.2, 0.25) is 5.91 Å². The number of thioether (sulfide) groups is 1. The van der Waals surface area contributed by atoms with Gasteiger partial charge in [-0.15, -0.1) is 21.5 Å². The standard InChI is InChI=1S/C33H27N5O3S2/c1-3-38-30(24-18-27(22-14-8-5-9-15-22)34-26-17-11-10-16-23(24)26)36-37-33(38)43-20-28(39)35-31-29(32(40)41-2)25(19-42-31)21-12-6-4-7-13-21/h4-19H,3,20H2,1-2H3,(H,35,39). The maximum Gasteiger partial charge on any atom is 0.341 e. The largest absolute Gasteiger partial charge is 0.465 e. The van der Waals surface area contributed by atoms with E-state index in [4.69, 9.17) is 9.72 Å². The van der Waals surface area contributed by atoms with Crippen LogP contribution in [-0.2, 0) is 16.1 Å². The van der Waals surface area contributed by atoms with Crippen molar-refractivity contribution in [1.29, 1.82) is 0 Å². The number of carbonyl (C=O) groups excluding carboxylic acids is 2. The van der Waals surface area contributed by atoms with E-state index >= 15 is 0 Å². The van der Waals surface area contributed by atoms with Crippen molar-refractivity contribution in [2.75, 3.05) is 18.2 Å². The summed E-state index contributed by atoms with van der Waals surface area (Å²) in [5.41, 5.74) is 5.58. The number of amides is 1. The van der Waals surface area contributed by atoms with E-state index in [1.54, 1.807) is 0 Å². The van der Waals surface area contributed by atoms with Crippen molar-refractivity contribution in [3.63, 3.8) is 0 Å². The quantitative estimate of drug-likeness (QED) is 0.135. The molecule has 1 amide bonds. The van der Waals surface area contributed by atoms with E-state index in [0.717, 1.165) is 38.9 Å². The molecule has 0 radical (unpaired) electrons. The number of esters is 1. The van der Waals surface area contributed by atoms with Gasteiger partial charge < -0.3 is 14.6 Å². The monoisotopic (exact) mass is 605 g/mol. The molecule has 0 saturated heterocycles. The zero-order valence-corrected chi connectivity index (χ0v) is 25.1. The van der Waals surface area contributed by atoms with Gasteiger partial charge in [0.05, 0.1) is 24.1 Å². The van der Waals surface area contributed by atoms with E-state index in [9.17, 15) is 9.59 Å². The molecule has 0 bridgehead atoms. The van der Waals surface area contributed by atoms with Crippen LogP contribution < -0.4 is 5.32 Å². The average Bonchev–Trinajstić information content (AvgIpc) is 3.67. The SMILES string of the molecule is CCn1c(SCC(=O)Nc2scc(-c3ccccc3)c2C(=O)OC)nnc1-c1cc(-c2ccccc2)nc2ccccc12. The molecule has 43 heavy (non-hydrogen) atoms. The first-order valence-corrected chi connectivity index (χ1v) is 15.5. The fourth-order valence-corrected chi connectivity index (χ4v) is 6.65. The van der Waals surface area contributed by atoms with Crippen LogP contribution in [0, 0.1) is 0 Å². The third-order valence-corrected chi connectivity index (χ3v) is 8.77. The van der Waals surface area contributed by atoms with Crippen LogP contribution in [0.15, 0.2) is 102 Å². The highest BCUT2D eigenvalue weighted by molar-refractivity contribution is 7.99. The Morgan fingerprint density at radius 3 is 2.33 bits per heavy atom. The Hall–Kier alpha value is -4.80. The van der Waals surface area contributed by atoms with Gasteiger partial charge in [-0.1, -0.05) is 90.6 Å². The normalized spacial score (nSPS) is 11.0. The second kappa shape index (κ2) is 12.6. The Bertz CT molecular complexity index is 1920. The van der Waals surface area contributed by atoms with Crippen LogP contribution in [0.3, 0.4) is 0 Å². The summed E-state index contributed by atoms with van der Waals surface area (Å²) >= 11 is 2.59. The number of fused-ring (bicyclic) bond motifs is 1. The number of hydrogen-bond acceptors (Lipinski definition) is 8. The van der Waals surface area contributed by atoms with Gasteiger partial charge in [-0.3, -0.25) is 4.79 Å². The summed E-state index contributed by atoms with van der Waals surface area (Å²) in [4.78, 5) is 30.7. The van der Waals surface area contributed by atoms with Crippen molar-refractivity contribution >= 4 is 50.9 Å². The lowest BCUT2D eigenvalue weighted by atomic mass is 10.0. The molecular formula is C33H27N5O3S2. The van der Waals surface area contributed by atoms with Gasteiger partial charge in [0.25, 0.3) is 0 Å². The van der Waals surface area contributed by atoms with Crippen LogP contribution >= 0.6 is 23.1 Å². The third-order valence-electron chi connectivity index (χ3n) is 6.91. The predicted molar refractivity (Wildman–Crippen MR) is 172 cm³/mol. The van der Waals surface area contributed by atoms with Gasteiger partial charge in [0.1, 0.15) is 10.6 Å². The number of anilines is 1. The Kier molecular flexibility index (Phi) is 8.30. The number of rotatable bonds is 9. The van der Waals surface area contributed by atoms with E-state index in [0.29, 0.717) is 28.1 Å². The maximum atomic E-state index is 13.1. The zero-order valence-electron chi connectivity index (χ0n) is 23.5. The maximum absolute atomic E-state index is 13.1. The molecule has 0 spiro atoms. The molecule has 0 fully saturated rings. The second-order valence-corrected chi connectivity index (χ2v) is 11.4. The molecule has 1 N–H and O–H groups in total. The van der Waals surface area contributed by atoms with Crippen molar-refractivity contribution in [2.24, 2.45) is 0 Å². The van der Waals surface area contributed by atoms with Crippen molar-refractivity contribution in [3.05, 3.63) is 102 Å². The number of hydrogen-bond donors (Lipinski definition) is 1. The van der Waals surface area contributed by atoms with Crippen LogP contribution in [0.25, 0.3) is 44.7 Å². The van der Waals surface area contributed by atoms with Gasteiger partial charge in [-0.25, -0.2) is 9.78 Å². The second-order valence-electron chi connectivity index (χ2n) is 9.54. The molecule has 0 atom stereocenters. The molecule has 0 aliphatic heterocycles. The highest BCUT2D eigenvalue weighted by Gasteiger charge is 2.23. The Balaban J connectivity index is 1.26. The first-order chi connectivity index (χ1) is 21.1. The molecule has 6 aromatic rings. The number of methoxy groups -OCH3 is 1. The van der Waals surface area contributed by atoms with Gasteiger partial charge in [-0.2, -0.15) is 0 Å². The van der Waals surface area contributed by atoms with Crippen LogP contribution in [0.5, 0.6) is 0 Å². The molecular weight excluding hydrogens is 579 g/mol. The van der Waals surface area contributed by atoms with Gasteiger partial charge in [0, 0.05) is 34.0 Å².